The number of rotatable bonds is 1. The predicted octanol–water partition coefficient (Wildman–Crippen LogP) is 1.20. The maximum absolute atomic E-state index is 10.4. The normalized spacial score (nSPS) is 10.3. The Morgan fingerprint density at radius 1 is 1.42 bits per heavy atom. The summed E-state index contributed by atoms with van der Waals surface area (Å²) in [5.74, 6) is 0.0191. The third kappa shape index (κ3) is 1.03. The topological polar surface area (TPSA) is 56.0 Å². The fourth-order valence-corrected chi connectivity index (χ4v) is 2.57. The molecule has 0 aliphatic heterocycles. The van der Waals surface area contributed by atoms with Crippen LogP contribution in [0.2, 0.25) is 0 Å². The molecule has 60 valence electrons. The molecule has 0 N–H and O–H groups in total. The second-order valence-electron chi connectivity index (χ2n) is 2.26. The number of benzene rings is 1. The van der Waals surface area contributed by atoms with E-state index in [1.807, 2.05) is 12.1 Å². The van der Waals surface area contributed by atoms with E-state index in [1.54, 1.807) is 12.1 Å². The SMILES string of the molecule is O=[N+]([O-])c1n[se]c2ccccc12. The van der Waals surface area contributed by atoms with Crippen LogP contribution in [-0.4, -0.2) is 23.6 Å². The van der Waals surface area contributed by atoms with Gasteiger partial charge in [0, 0.05) is 0 Å². The van der Waals surface area contributed by atoms with Crippen molar-refractivity contribution >= 4 is 30.2 Å². The second kappa shape index (κ2) is 2.69. The Morgan fingerprint density at radius 3 is 2.92 bits per heavy atom. The van der Waals surface area contributed by atoms with E-state index in [-0.39, 0.29) is 20.6 Å². The van der Waals surface area contributed by atoms with Gasteiger partial charge < -0.3 is 0 Å². The second-order valence-corrected chi connectivity index (χ2v) is 3.95. The Hall–Kier alpha value is -1.19. The molecular formula is C7H4N2O2Se. The van der Waals surface area contributed by atoms with Crippen molar-refractivity contribution in [2.24, 2.45) is 0 Å². The van der Waals surface area contributed by atoms with Gasteiger partial charge in [0.15, 0.2) is 0 Å². The van der Waals surface area contributed by atoms with Crippen molar-refractivity contribution in [2.75, 3.05) is 0 Å². The fraction of sp³-hybridized carbons (Fsp3) is 0. The van der Waals surface area contributed by atoms with E-state index in [4.69, 9.17) is 0 Å². The monoisotopic (exact) mass is 228 g/mol. The average Bonchev–Trinajstić information content (AvgIpc) is 2.47. The summed E-state index contributed by atoms with van der Waals surface area (Å²) in [6.45, 7) is 0. The molecule has 5 heteroatoms. The Balaban J connectivity index is 2.79. The molecule has 0 unspecified atom stereocenters. The molecule has 12 heavy (non-hydrogen) atoms. The zero-order valence-corrected chi connectivity index (χ0v) is 7.64. The van der Waals surface area contributed by atoms with Crippen LogP contribution in [0, 0.1) is 10.1 Å². The summed E-state index contributed by atoms with van der Waals surface area (Å²) in [6.07, 6.45) is 0. The first-order valence-corrected chi connectivity index (χ1v) is 4.90. The van der Waals surface area contributed by atoms with Crippen molar-refractivity contribution in [3.8, 4) is 0 Å². The van der Waals surface area contributed by atoms with E-state index in [0.717, 1.165) is 4.26 Å². The molecule has 0 spiro atoms. The van der Waals surface area contributed by atoms with Crippen molar-refractivity contribution < 1.29 is 4.92 Å². The first-order chi connectivity index (χ1) is 5.79. The van der Waals surface area contributed by atoms with Gasteiger partial charge in [0.1, 0.15) is 0 Å². The summed E-state index contributed by atoms with van der Waals surface area (Å²) in [4.78, 5) is 10.0. The standard InChI is InChI=1S/C7H4N2O2Se/c10-9(11)7-5-3-1-2-4-6(5)12-8-7/h1-4H. The van der Waals surface area contributed by atoms with Crippen LogP contribution in [0.5, 0.6) is 0 Å². The van der Waals surface area contributed by atoms with Crippen LogP contribution in [0.25, 0.3) is 9.65 Å². The minimum absolute atomic E-state index is 0.0191. The summed E-state index contributed by atoms with van der Waals surface area (Å²) >= 11 is -0.0982. The van der Waals surface area contributed by atoms with Gasteiger partial charge in [-0.15, -0.1) is 0 Å². The number of nitro groups is 1. The maximum atomic E-state index is 10.4. The molecule has 0 saturated carbocycles. The zero-order chi connectivity index (χ0) is 8.55. The quantitative estimate of drug-likeness (QED) is 0.418. The summed E-state index contributed by atoms with van der Waals surface area (Å²) in [5, 5.41) is 11.1. The molecule has 0 aliphatic carbocycles. The van der Waals surface area contributed by atoms with Crippen molar-refractivity contribution in [3.05, 3.63) is 34.4 Å². The van der Waals surface area contributed by atoms with E-state index in [2.05, 4.69) is 3.98 Å². The van der Waals surface area contributed by atoms with Gasteiger partial charge in [-0.1, -0.05) is 0 Å². The molecule has 0 amide bonds. The Bertz CT molecular complexity index is 438. The van der Waals surface area contributed by atoms with E-state index in [1.165, 1.54) is 0 Å². The van der Waals surface area contributed by atoms with Crippen molar-refractivity contribution in [1.82, 2.24) is 3.98 Å². The number of hydrogen-bond donors (Lipinski definition) is 0. The molecule has 4 nitrogen and oxygen atoms in total. The van der Waals surface area contributed by atoms with Gasteiger partial charge in [-0.05, 0) is 0 Å². The van der Waals surface area contributed by atoms with E-state index in [9.17, 15) is 10.1 Å². The third-order valence-electron chi connectivity index (χ3n) is 1.53. The van der Waals surface area contributed by atoms with Crippen LogP contribution in [0.3, 0.4) is 0 Å². The molecule has 0 radical (unpaired) electrons. The van der Waals surface area contributed by atoms with Crippen LogP contribution in [0.4, 0.5) is 5.82 Å². The molecule has 2 aromatic rings. The molecule has 0 aliphatic rings. The van der Waals surface area contributed by atoms with E-state index < -0.39 is 4.92 Å². The molecule has 1 aromatic carbocycles. The molecule has 0 bridgehead atoms. The van der Waals surface area contributed by atoms with E-state index >= 15 is 0 Å². The molecule has 0 fully saturated rings. The number of nitrogens with zero attached hydrogens (tertiary/aromatic N) is 2. The van der Waals surface area contributed by atoms with Crippen LogP contribution >= 0.6 is 0 Å². The number of fused-ring (bicyclic) bond motifs is 1. The zero-order valence-electron chi connectivity index (χ0n) is 5.93. The summed E-state index contributed by atoms with van der Waals surface area (Å²) in [5.41, 5.74) is 0. The van der Waals surface area contributed by atoms with Gasteiger partial charge >= 0.3 is 73.5 Å². The van der Waals surface area contributed by atoms with Gasteiger partial charge in [-0.25, -0.2) is 0 Å². The van der Waals surface area contributed by atoms with Crippen molar-refractivity contribution in [1.29, 1.82) is 0 Å². The fourth-order valence-electron chi connectivity index (χ4n) is 1.00. The van der Waals surface area contributed by atoms with Crippen molar-refractivity contribution in [3.63, 3.8) is 0 Å². The van der Waals surface area contributed by atoms with Crippen LogP contribution in [0.15, 0.2) is 24.3 Å². The minimum atomic E-state index is -0.423. The van der Waals surface area contributed by atoms with E-state index in [0.29, 0.717) is 5.39 Å². The van der Waals surface area contributed by atoms with Crippen LogP contribution in [-0.2, 0) is 0 Å². The van der Waals surface area contributed by atoms with Gasteiger partial charge in [0.2, 0.25) is 0 Å². The average molecular weight is 227 g/mol. The van der Waals surface area contributed by atoms with Crippen molar-refractivity contribution in [2.45, 2.75) is 0 Å². The Kier molecular flexibility index (Phi) is 1.67. The molecule has 2 rings (SSSR count). The molecular weight excluding hydrogens is 223 g/mol. The van der Waals surface area contributed by atoms with Gasteiger partial charge in [0.25, 0.3) is 0 Å². The van der Waals surface area contributed by atoms with Crippen LogP contribution in [0.1, 0.15) is 0 Å². The molecule has 1 aromatic heterocycles. The Morgan fingerprint density at radius 2 is 2.17 bits per heavy atom. The van der Waals surface area contributed by atoms with Gasteiger partial charge in [0.05, 0.1) is 0 Å². The van der Waals surface area contributed by atoms with Crippen LogP contribution < -0.4 is 0 Å². The Labute approximate surface area is 74.0 Å². The first-order valence-electron chi connectivity index (χ1n) is 3.28. The van der Waals surface area contributed by atoms with Gasteiger partial charge in [-0.3, -0.25) is 0 Å². The predicted molar refractivity (Wildman–Crippen MR) is 45.3 cm³/mol. The number of hydrogen-bond acceptors (Lipinski definition) is 3. The van der Waals surface area contributed by atoms with Gasteiger partial charge in [-0.2, -0.15) is 0 Å². The number of aromatic nitrogens is 1. The summed E-state index contributed by atoms with van der Waals surface area (Å²) < 4.78 is 4.88. The first kappa shape index (κ1) is 7.46. The molecule has 0 saturated heterocycles. The molecule has 1 heterocycles. The molecule has 0 atom stereocenters. The summed E-state index contributed by atoms with van der Waals surface area (Å²) in [6, 6.07) is 7.29. The third-order valence-corrected chi connectivity index (χ3v) is 3.25. The summed E-state index contributed by atoms with van der Waals surface area (Å²) in [7, 11) is 0.